The van der Waals surface area contributed by atoms with Gasteiger partial charge in [-0.3, -0.25) is 24.0 Å². The minimum atomic E-state index is -0.128. The van der Waals surface area contributed by atoms with E-state index in [-0.39, 0.29) is 42.4 Å². The van der Waals surface area contributed by atoms with Gasteiger partial charge in [-0.1, -0.05) is 12.5 Å². The number of hydrogen-bond donors (Lipinski definition) is 8. The number of hydrogen-bond acceptors (Lipinski definition) is 10. The molecule has 0 aliphatic heterocycles. The molecular formula is C33H66N10O5. The van der Waals surface area contributed by atoms with Crippen molar-refractivity contribution in [1.82, 2.24) is 52.3 Å². The van der Waals surface area contributed by atoms with Gasteiger partial charge < -0.3 is 52.3 Å². The predicted octanol–water partition coefficient (Wildman–Crippen LogP) is -1.13. The Kier molecular flexibility index (Phi) is 28.9. The number of likely N-dealkylation sites (N-methyl/N-ethyl adjacent to an activating group) is 2. The fourth-order valence-corrected chi connectivity index (χ4v) is 4.69. The zero-order chi connectivity index (χ0) is 35.8. The van der Waals surface area contributed by atoms with Crippen molar-refractivity contribution < 1.29 is 24.0 Å². The average Bonchev–Trinajstić information content (AvgIpc) is 3.06. The molecule has 15 heteroatoms. The molecule has 8 N–H and O–H groups in total. The average molecular weight is 683 g/mol. The topological polar surface area (TPSA) is 188 Å². The lowest BCUT2D eigenvalue weighted by Gasteiger charge is -2.24. The van der Waals surface area contributed by atoms with Crippen LogP contribution in [-0.4, -0.2) is 146 Å². The summed E-state index contributed by atoms with van der Waals surface area (Å²) < 4.78 is 0. The first-order valence-electron chi connectivity index (χ1n) is 17.5. The minimum absolute atomic E-state index is 0.00333. The summed E-state index contributed by atoms with van der Waals surface area (Å²) in [4.78, 5) is 64.4. The van der Waals surface area contributed by atoms with E-state index in [0.717, 1.165) is 51.0 Å². The highest BCUT2D eigenvalue weighted by Crippen LogP contribution is 2.03. The molecule has 0 fully saturated rings. The van der Waals surface area contributed by atoms with E-state index in [1.165, 1.54) is 6.92 Å². The quantitative estimate of drug-likeness (QED) is 0.0416. The molecule has 0 aromatic carbocycles. The molecule has 0 saturated heterocycles. The predicted molar refractivity (Wildman–Crippen MR) is 191 cm³/mol. The smallest absolute Gasteiger partial charge is 0.221 e. The van der Waals surface area contributed by atoms with Gasteiger partial charge in [0.2, 0.25) is 29.5 Å². The maximum atomic E-state index is 12.8. The van der Waals surface area contributed by atoms with E-state index in [4.69, 9.17) is 0 Å². The molecule has 0 spiro atoms. The minimum Gasteiger partial charge on any atom is -0.387 e. The number of rotatable bonds is 31. The van der Waals surface area contributed by atoms with Gasteiger partial charge in [0, 0.05) is 130 Å². The monoisotopic (exact) mass is 683 g/mol. The number of carbonyl (C=O) groups is 5. The van der Waals surface area contributed by atoms with Crippen LogP contribution in [0.2, 0.25) is 0 Å². The number of unbranched alkanes of at least 4 members (excludes halogenated alkanes) is 2. The Morgan fingerprint density at radius 1 is 0.479 bits per heavy atom. The van der Waals surface area contributed by atoms with Crippen molar-refractivity contribution >= 4 is 29.5 Å². The van der Waals surface area contributed by atoms with E-state index >= 15 is 0 Å². The molecule has 48 heavy (non-hydrogen) atoms. The summed E-state index contributed by atoms with van der Waals surface area (Å²) in [6.45, 7) is 11.3. The molecule has 5 amide bonds. The third-order valence-corrected chi connectivity index (χ3v) is 7.67. The first-order valence-corrected chi connectivity index (χ1v) is 17.5. The molecule has 0 aliphatic rings. The number of carbonyl (C=O) groups excluding carboxylic acids is 5. The SMILES string of the molecule is CC=C(CCN(CCNC(=O)CCN(CCNC(C)=O)CCC(=O)NCCCCCC(=O)NC)CCC(=O)NCCNC)NCCNC. The molecule has 0 aromatic heterocycles. The second kappa shape index (κ2) is 31.0. The van der Waals surface area contributed by atoms with Gasteiger partial charge in [-0.05, 0) is 40.3 Å². The van der Waals surface area contributed by atoms with Gasteiger partial charge in [-0.2, -0.15) is 0 Å². The molecule has 0 atom stereocenters. The summed E-state index contributed by atoms with van der Waals surface area (Å²) in [5, 5.41) is 23.8. The van der Waals surface area contributed by atoms with Crippen molar-refractivity contribution in [3.63, 3.8) is 0 Å². The van der Waals surface area contributed by atoms with E-state index in [1.807, 2.05) is 25.9 Å². The molecule has 0 saturated carbocycles. The first-order chi connectivity index (χ1) is 23.1. The molecule has 15 nitrogen and oxygen atoms in total. The molecule has 0 rings (SSSR count). The summed E-state index contributed by atoms with van der Waals surface area (Å²) in [5.41, 5.74) is 1.14. The van der Waals surface area contributed by atoms with Crippen molar-refractivity contribution in [1.29, 1.82) is 0 Å². The highest BCUT2D eigenvalue weighted by atomic mass is 16.2. The molecule has 0 unspecified atom stereocenters. The second-order valence-corrected chi connectivity index (χ2v) is 11.6. The zero-order valence-electron chi connectivity index (χ0n) is 30.4. The molecule has 0 aromatic rings. The van der Waals surface area contributed by atoms with Crippen molar-refractivity contribution in [2.24, 2.45) is 0 Å². The molecular weight excluding hydrogens is 616 g/mol. The van der Waals surface area contributed by atoms with Crippen LogP contribution >= 0.6 is 0 Å². The summed E-state index contributed by atoms with van der Waals surface area (Å²) >= 11 is 0. The second-order valence-electron chi connectivity index (χ2n) is 11.6. The van der Waals surface area contributed by atoms with Gasteiger partial charge in [-0.15, -0.1) is 0 Å². The van der Waals surface area contributed by atoms with Crippen LogP contribution in [0.15, 0.2) is 11.8 Å². The Morgan fingerprint density at radius 2 is 0.958 bits per heavy atom. The standard InChI is InChI=1S/C33H66N10O5/c1-6-29(38-18-16-34-3)11-22-42(23-13-32(47)40-19-17-35-4)27-21-41-33(48)14-25-43(26-20-37-28(2)44)24-12-31(46)39-15-9-7-8-10-30(45)36-5/h6,34-35,38H,7-27H2,1-5H3,(H,36,45)(H,37,44)(H,39,46)(H,40,47)(H,41,48). The fourth-order valence-electron chi connectivity index (χ4n) is 4.69. The number of nitrogens with zero attached hydrogens (tertiary/aromatic N) is 2. The van der Waals surface area contributed by atoms with Crippen LogP contribution in [0.25, 0.3) is 0 Å². The van der Waals surface area contributed by atoms with Crippen molar-refractivity contribution in [2.75, 3.05) is 106 Å². The van der Waals surface area contributed by atoms with Crippen molar-refractivity contribution in [3.8, 4) is 0 Å². The van der Waals surface area contributed by atoms with Crippen LogP contribution < -0.4 is 42.5 Å². The maximum absolute atomic E-state index is 12.8. The summed E-state index contributed by atoms with van der Waals surface area (Å²) in [7, 11) is 5.38. The number of nitrogens with one attached hydrogen (secondary N) is 8. The Hall–Kier alpha value is -3.27. The lowest BCUT2D eigenvalue weighted by atomic mass is 10.2. The fraction of sp³-hybridized carbons (Fsp3) is 0.788. The third-order valence-electron chi connectivity index (χ3n) is 7.67. The van der Waals surface area contributed by atoms with Gasteiger partial charge in [0.05, 0.1) is 0 Å². The molecule has 0 heterocycles. The van der Waals surface area contributed by atoms with Gasteiger partial charge in [-0.25, -0.2) is 0 Å². The van der Waals surface area contributed by atoms with Crippen LogP contribution in [0.5, 0.6) is 0 Å². The van der Waals surface area contributed by atoms with Gasteiger partial charge in [0.1, 0.15) is 0 Å². The van der Waals surface area contributed by atoms with Crippen molar-refractivity contribution in [3.05, 3.63) is 11.8 Å². The number of allylic oxidation sites excluding steroid dienone is 1. The summed E-state index contributed by atoms with van der Waals surface area (Å²) in [5.74, 6) is -0.257. The Bertz CT molecular complexity index is 934. The first kappa shape index (κ1) is 44.7. The Balaban J connectivity index is 4.80. The van der Waals surface area contributed by atoms with E-state index in [0.29, 0.717) is 78.3 Å². The highest BCUT2D eigenvalue weighted by molar-refractivity contribution is 5.77. The van der Waals surface area contributed by atoms with E-state index in [2.05, 4.69) is 53.5 Å². The van der Waals surface area contributed by atoms with Gasteiger partial charge in [0.15, 0.2) is 0 Å². The Labute approximate surface area is 288 Å². The van der Waals surface area contributed by atoms with Crippen LogP contribution in [0, 0.1) is 0 Å². The van der Waals surface area contributed by atoms with Crippen LogP contribution in [0.3, 0.4) is 0 Å². The van der Waals surface area contributed by atoms with E-state index in [1.54, 1.807) is 7.05 Å². The summed E-state index contributed by atoms with van der Waals surface area (Å²) in [6.07, 6.45) is 6.75. The van der Waals surface area contributed by atoms with Crippen LogP contribution in [0.1, 0.15) is 65.2 Å². The van der Waals surface area contributed by atoms with E-state index < -0.39 is 0 Å². The van der Waals surface area contributed by atoms with Crippen LogP contribution in [0.4, 0.5) is 0 Å². The zero-order valence-corrected chi connectivity index (χ0v) is 30.4. The normalized spacial score (nSPS) is 11.4. The Morgan fingerprint density at radius 3 is 1.46 bits per heavy atom. The van der Waals surface area contributed by atoms with Gasteiger partial charge in [0.25, 0.3) is 0 Å². The third kappa shape index (κ3) is 27.8. The lowest BCUT2D eigenvalue weighted by molar-refractivity contribution is -0.123. The number of amides is 5. The van der Waals surface area contributed by atoms with E-state index in [9.17, 15) is 24.0 Å². The van der Waals surface area contributed by atoms with Gasteiger partial charge >= 0.3 is 0 Å². The molecule has 278 valence electrons. The molecule has 0 aliphatic carbocycles. The van der Waals surface area contributed by atoms with Crippen LogP contribution in [-0.2, 0) is 24.0 Å². The summed E-state index contributed by atoms with van der Waals surface area (Å²) in [6, 6.07) is 0. The molecule has 0 bridgehead atoms. The molecule has 0 radical (unpaired) electrons. The largest absolute Gasteiger partial charge is 0.387 e. The maximum Gasteiger partial charge on any atom is 0.221 e. The highest BCUT2D eigenvalue weighted by Gasteiger charge is 2.13. The van der Waals surface area contributed by atoms with Crippen molar-refractivity contribution in [2.45, 2.75) is 65.2 Å². The lowest BCUT2D eigenvalue weighted by Crippen LogP contribution is -2.40.